The molecule has 2 saturated carbocycles. The van der Waals surface area contributed by atoms with Crippen LogP contribution in [0.15, 0.2) is 22.8 Å². The number of rotatable bonds is 0. The van der Waals surface area contributed by atoms with Crippen LogP contribution in [-0.4, -0.2) is 5.78 Å². The van der Waals surface area contributed by atoms with Gasteiger partial charge in [-0.05, 0) is 81.1 Å². The minimum Gasteiger partial charge on any atom is -0.295 e. The first-order valence-electron chi connectivity index (χ1n) is 8.52. The summed E-state index contributed by atoms with van der Waals surface area (Å²) in [7, 11) is 0. The average Bonchev–Trinajstić information content (AvgIpc) is 2.82. The molecular formula is C19H26O. The molecule has 1 heteroatoms. The number of carbonyl (C=O) groups is 1. The summed E-state index contributed by atoms with van der Waals surface area (Å²) in [5.74, 6) is 3.02. The van der Waals surface area contributed by atoms with Gasteiger partial charge in [0.15, 0.2) is 5.78 Å². The lowest BCUT2D eigenvalue weighted by atomic mass is 9.50. The minimum absolute atomic E-state index is 0.346. The molecule has 0 heterocycles. The average molecular weight is 270 g/mol. The van der Waals surface area contributed by atoms with Gasteiger partial charge in [-0.25, -0.2) is 0 Å². The lowest BCUT2D eigenvalue weighted by Crippen LogP contribution is -2.45. The summed E-state index contributed by atoms with van der Waals surface area (Å²) in [4.78, 5) is 11.8. The Bertz CT molecular complexity index is 524. The Labute approximate surface area is 122 Å². The number of hydrogen-bond donors (Lipinski definition) is 0. The van der Waals surface area contributed by atoms with Crippen molar-refractivity contribution >= 4 is 5.78 Å². The van der Waals surface area contributed by atoms with Gasteiger partial charge < -0.3 is 0 Å². The predicted octanol–water partition coefficient (Wildman–Crippen LogP) is 4.83. The maximum absolute atomic E-state index is 11.8. The normalized spacial score (nSPS) is 43.8. The molecule has 0 N–H and O–H groups in total. The number of allylic oxidation sites excluding steroid dienone is 4. The number of carbonyl (C=O) groups excluding carboxylic acids is 1. The SMILES string of the molecule is CC1=C2CC[C@H]3[C@@H](CCC4=CC(=O)CC[C@@]43C)[C@@H]2CC1. The summed E-state index contributed by atoms with van der Waals surface area (Å²) < 4.78 is 0. The second-order valence-corrected chi connectivity index (χ2v) is 7.85. The van der Waals surface area contributed by atoms with Gasteiger partial charge in [-0.1, -0.05) is 23.6 Å². The molecule has 0 bridgehead atoms. The van der Waals surface area contributed by atoms with Crippen LogP contribution in [0, 0.1) is 23.2 Å². The lowest BCUT2D eigenvalue weighted by Gasteiger charge is -2.54. The first-order chi connectivity index (χ1) is 9.59. The Hall–Kier alpha value is -0.850. The smallest absolute Gasteiger partial charge is 0.155 e. The van der Waals surface area contributed by atoms with Crippen LogP contribution < -0.4 is 0 Å². The van der Waals surface area contributed by atoms with E-state index in [1.807, 2.05) is 11.6 Å². The molecule has 2 fully saturated rings. The fourth-order valence-corrected chi connectivity index (χ4v) is 5.97. The van der Waals surface area contributed by atoms with Crippen LogP contribution in [-0.2, 0) is 4.79 Å². The van der Waals surface area contributed by atoms with Crippen molar-refractivity contribution < 1.29 is 4.79 Å². The summed E-state index contributed by atoms with van der Waals surface area (Å²) in [6.07, 6.45) is 11.9. The molecule has 108 valence electrons. The van der Waals surface area contributed by atoms with Crippen molar-refractivity contribution in [2.24, 2.45) is 23.2 Å². The van der Waals surface area contributed by atoms with Crippen LogP contribution in [0.25, 0.3) is 0 Å². The Balaban J connectivity index is 1.70. The molecule has 0 aliphatic heterocycles. The Morgan fingerprint density at radius 2 is 1.95 bits per heavy atom. The largest absolute Gasteiger partial charge is 0.295 e. The van der Waals surface area contributed by atoms with Gasteiger partial charge in [-0.3, -0.25) is 4.79 Å². The maximum Gasteiger partial charge on any atom is 0.155 e. The lowest BCUT2D eigenvalue weighted by molar-refractivity contribution is -0.116. The third-order valence-electron chi connectivity index (χ3n) is 7.11. The van der Waals surface area contributed by atoms with Gasteiger partial charge in [-0.15, -0.1) is 0 Å². The Kier molecular flexibility index (Phi) is 2.78. The van der Waals surface area contributed by atoms with E-state index in [1.54, 1.807) is 5.57 Å². The van der Waals surface area contributed by atoms with Crippen LogP contribution in [0.2, 0.25) is 0 Å². The third-order valence-corrected chi connectivity index (χ3v) is 7.11. The second kappa shape index (κ2) is 4.32. The number of fused-ring (bicyclic) bond motifs is 5. The molecule has 1 nitrogen and oxygen atoms in total. The van der Waals surface area contributed by atoms with Gasteiger partial charge in [-0.2, -0.15) is 0 Å². The van der Waals surface area contributed by atoms with Crippen molar-refractivity contribution in [3.63, 3.8) is 0 Å². The van der Waals surface area contributed by atoms with E-state index < -0.39 is 0 Å². The highest BCUT2D eigenvalue weighted by molar-refractivity contribution is 5.91. The summed E-state index contributed by atoms with van der Waals surface area (Å²) in [5, 5.41) is 0. The third kappa shape index (κ3) is 1.64. The van der Waals surface area contributed by atoms with Crippen LogP contribution in [0.3, 0.4) is 0 Å². The molecular weight excluding hydrogens is 244 g/mol. The van der Waals surface area contributed by atoms with Gasteiger partial charge in [0.1, 0.15) is 0 Å². The van der Waals surface area contributed by atoms with Crippen molar-refractivity contribution in [1.29, 1.82) is 0 Å². The molecule has 0 aromatic carbocycles. The van der Waals surface area contributed by atoms with E-state index in [9.17, 15) is 4.79 Å². The molecule has 0 unspecified atom stereocenters. The molecule has 4 rings (SSSR count). The molecule has 0 aromatic rings. The van der Waals surface area contributed by atoms with Crippen molar-refractivity contribution in [3.8, 4) is 0 Å². The molecule has 0 saturated heterocycles. The molecule has 0 aromatic heterocycles. The van der Waals surface area contributed by atoms with E-state index in [0.717, 1.165) is 30.6 Å². The van der Waals surface area contributed by atoms with Crippen LogP contribution in [0.4, 0.5) is 0 Å². The zero-order chi connectivity index (χ0) is 13.9. The quantitative estimate of drug-likeness (QED) is 0.576. The second-order valence-electron chi connectivity index (χ2n) is 7.85. The van der Waals surface area contributed by atoms with Gasteiger partial charge in [0.05, 0.1) is 0 Å². The highest BCUT2D eigenvalue weighted by Crippen LogP contribution is 2.61. The van der Waals surface area contributed by atoms with Crippen LogP contribution in [0.1, 0.15) is 65.2 Å². The highest BCUT2D eigenvalue weighted by atomic mass is 16.1. The zero-order valence-corrected chi connectivity index (χ0v) is 12.9. The summed E-state index contributed by atoms with van der Waals surface area (Å²) in [6, 6.07) is 0. The van der Waals surface area contributed by atoms with E-state index in [-0.39, 0.29) is 0 Å². The van der Waals surface area contributed by atoms with E-state index in [0.29, 0.717) is 11.2 Å². The van der Waals surface area contributed by atoms with Gasteiger partial charge in [0.25, 0.3) is 0 Å². The number of hydrogen-bond acceptors (Lipinski definition) is 1. The van der Waals surface area contributed by atoms with Gasteiger partial charge >= 0.3 is 0 Å². The topological polar surface area (TPSA) is 17.1 Å². The molecule has 4 atom stereocenters. The van der Waals surface area contributed by atoms with Crippen molar-refractivity contribution in [2.75, 3.05) is 0 Å². The Morgan fingerprint density at radius 3 is 2.80 bits per heavy atom. The zero-order valence-electron chi connectivity index (χ0n) is 12.9. The fraction of sp³-hybridized carbons (Fsp3) is 0.737. The molecule has 4 aliphatic carbocycles. The highest BCUT2D eigenvalue weighted by Gasteiger charge is 2.51. The predicted molar refractivity (Wildman–Crippen MR) is 81.3 cm³/mol. The monoisotopic (exact) mass is 270 g/mol. The van der Waals surface area contributed by atoms with Crippen molar-refractivity contribution in [1.82, 2.24) is 0 Å². The van der Waals surface area contributed by atoms with Crippen LogP contribution in [0.5, 0.6) is 0 Å². The molecule has 0 radical (unpaired) electrons. The van der Waals surface area contributed by atoms with E-state index in [2.05, 4.69) is 13.8 Å². The number of ketones is 1. The van der Waals surface area contributed by atoms with Gasteiger partial charge in [0, 0.05) is 6.42 Å². The summed E-state index contributed by atoms with van der Waals surface area (Å²) >= 11 is 0. The maximum atomic E-state index is 11.8. The van der Waals surface area contributed by atoms with Crippen molar-refractivity contribution in [3.05, 3.63) is 22.8 Å². The van der Waals surface area contributed by atoms with E-state index >= 15 is 0 Å². The van der Waals surface area contributed by atoms with Crippen molar-refractivity contribution in [2.45, 2.75) is 65.2 Å². The molecule has 4 aliphatic rings. The van der Waals surface area contributed by atoms with Crippen LogP contribution >= 0.6 is 0 Å². The standard InChI is InChI=1S/C19H26O/c1-12-3-5-16-15(12)7-8-18-17(16)6-4-13-11-14(20)9-10-19(13,18)2/h11,16-18H,3-10H2,1-2H3/t16-,17+,18+,19+/m1/s1. The van der Waals surface area contributed by atoms with E-state index in [4.69, 9.17) is 0 Å². The van der Waals surface area contributed by atoms with Gasteiger partial charge in [0.2, 0.25) is 0 Å². The fourth-order valence-electron chi connectivity index (χ4n) is 5.97. The molecule has 20 heavy (non-hydrogen) atoms. The summed E-state index contributed by atoms with van der Waals surface area (Å²) in [6.45, 7) is 4.84. The molecule has 0 amide bonds. The molecule has 0 spiro atoms. The first-order valence-corrected chi connectivity index (χ1v) is 8.52. The van der Waals surface area contributed by atoms with E-state index in [1.165, 1.54) is 44.1 Å². The summed E-state index contributed by atoms with van der Waals surface area (Å²) in [5.41, 5.74) is 5.38. The Morgan fingerprint density at radius 1 is 1.10 bits per heavy atom. The minimum atomic E-state index is 0.346. The first kappa shape index (κ1) is 12.9.